The molecule has 1 fully saturated rings. The Kier molecular flexibility index (Phi) is 4.91. The molecular weight excluding hydrogens is 328 g/mol. The molecule has 1 amide bonds. The summed E-state index contributed by atoms with van der Waals surface area (Å²) in [6.45, 7) is 1.31. The maximum absolute atomic E-state index is 11.2. The topological polar surface area (TPSA) is 73.6 Å². The first-order chi connectivity index (χ1) is 12.7. The van der Waals surface area contributed by atoms with E-state index in [9.17, 15) is 4.79 Å². The van der Waals surface area contributed by atoms with Crippen molar-refractivity contribution in [1.29, 1.82) is 0 Å². The minimum atomic E-state index is -0.433. The van der Waals surface area contributed by atoms with Crippen LogP contribution in [0, 0.1) is 0 Å². The van der Waals surface area contributed by atoms with Crippen LogP contribution in [0.3, 0.4) is 0 Å². The number of primary amides is 1. The van der Waals surface area contributed by atoms with Crippen LogP contribution in [-0.4, -0.2) is 37.3 Å². The van der Waals surface area contributed by atoms with Crippen LogP contribution in [0.2, 0.25) is 0 Å². The van der Waals surface area contributed by atoms with E-state index in [1.54, 1.807) is 24.3 Å². The van der Waals surface area contributed by atoms with Gasteiger partial charge < -0.3 is 20.5 Å². The standard InChI is InChI=1S/C21H24N2O3/c22-21(24)14-5-7-18(8-6-14)26-20-13-25-10-9-19(20)23-17-11-15-3-1-2-4-16(15)12-17/h1-8,17,19-20,23H,9-13H2,(H2,22,24)/t19-,20-/m1/s1. The number of fused-ring (bicyclic) bond motifs is 1. The van der Waals surface area contributed by atoms with E-state index in [2.05, 4.69) is 29.6 Å². The molecule has 0 saturated carbocycles. The molecule has 0 radical (unpaired) electrons. The van der Waals surface area contributed by atoms with Gasteiger partial charge in [-0.25, -0.2) is 0 Å². The van der Waals surface area contributed by atoms with E-state index in [0.29, 0.717) is 18.2 Å². The molecule has 2 aliphatic rings. The Morgan fingerprint density at radius 1 is 1.08 bits per heavy atom. The molecule has 2 aromatic rings. The molecule has 2 aromatic carbocycles. The van der Waals surface area contributed by atoms with Crippen molar-refractivity contribution in [2.24, 2.45) is 5.73 Å². The second kappa shape index (κ2) is 7.48. The molecule has 4 rings (SSSR count). The second-order valence-electron chi connectivity index (χ2n) is 7.06. The lowest BCUT2D eigenvalue weighted by atomic mass is 10.0. The number of carbonyl (C=O) groups is 1. The smallest absolute Gasteiger partial charge is 0.248 e. The van der Waals surface area contributed by atoms with Crippen molar-refractivity contribution in [1.82, 2.24) is 5.32 Å². The van der Waals surface area contributed by atoms with Crippen LogP contribution in [0.15, 0.2) is 48.5 Å². The lowest BCUT2D eigenvalue weighted by Gasteiger charge is -2.34. The molecule has 26 heavy (non-hydrogen) atoms. The summed E-state index contributed by atoms with van der Waals surface area (Å²) >= 11 is 0. The number of benzene rings is 2. The van der Waals surface area contributed by atoms with Gasteiger partial charge in [0.05, 0.1) is 6.61 Å². The van der Waals surface area contributed by atoms with E-state index >= 15 is 0 Å². The van der Waals surface area contributed by atoms with Gasteiger partial charge in [0.1, 0.15) is 11.9 Å². The van der Waals surface area contributed by atoms with Gasteiger partial charge in [-0.1, -0.05) is 24.3 Å². The number of hydrogen-bond acceptors (Lipinski definition) is 4. The molecule has 0 aromatic heterocycles. The van der Waals surface area contributed by atoms with Crippen molar-refractivity contribution < 1.29 is 14.3 Å². The zero-order chi connectivity index (χ0) is 17.9. The van der Waals surface area contributed by atoms with Crippen molar-refractivity contribution in [2.45, 2.75) is 37.5 Å². The van der Waals surface area contributed by atoms with Crippen LogP contribution < -0.4 is 15.8 Å². The normalized spacial score (nSPS) is 22.8. The Balaban J connectivity index is 1.40. The van der Waals surface area contributed by atoms with Gasteiger partial charge in [0.25, 0.3) is 0 Å². The largest absolute Gasteiger partial charge is 0.486 e. The quantitative estimate of drug-likeness (QED) is 0.864. The summed E-state index contributed by atoms with van der Waals surface area (Å²) in [5, 5.41) is 3.79. The molecule has 1 heterocycles. The monoisotopic (exact) mass is 352 g/mol. The Hall–Kier alpha value is -2.37. The first-order valence-corrected chi connectivity index (χ1v) is 9.16. The van der Waals surface area contributed by atoms with Gasteiger partial charge in [-0.15, -0.1) is 0 Å². The predicted molar refractivity (Wildman–Crippen MR) is 99.4 cm³/mol. The van der Waals surface area contributed by atoms with Crippen molar-refractivity contribution in [3.05, 3.63) is 65.2 Å². The van der Waals surface area contributed by atoms with Crippen molar-refractivity contribution in [3.8, 4) is 5.75 Å². The molecule has 0 unspecified atom stereocenters. The molecule has 2 atom stereocenters. The molecule has 5 nitrogen and oxygen atoms in total. The Bertz CT molecular complexity index is 750. The van der Waals surface area contributed by atoms with Gasteiger partial charge >= 0.3 is 0 Å². The number of carbonyl (C=O) groups excluding carboxylic acids is 1. The van der Waals surface area contributed by atoms with Gasteiger partial charge in [0.2, 0.25) is 5.91 Å². The molecule has 1 aliphatic heterocycles. The lowest BCUT2D eigenvalue weighted by molar-refractivity contribution is -0.0172. The highest BCUT2D eigenvalue weighted by Crippen LogP contribution is 2.24. The molecule has 136 valence electrons. The number of hydrogen-bond donors (Lipinski definition) is 2. The average Bonchev–Trinajstić information content (AvgIpc) is 3.06. The molecule has 0 bridgehead atoms. The van der Waals surface area contributed by atoms with E-state index in [0.717, 1.165) is 31.6 Å². The number of ether oxygens (including phenoxy) is 2. The van der Waals surface area contributed by atoms with Gasteiger partial charge in [0, 0.05) is 24.3 Å². The van der Waals surface area contributed by atoms with Gasteiger partial charge in [-0.2, -0.15) is 0 Å². The van der Waals surface area contributed by atoms with Crippen molar-refractivity contribution in [2.75, 3.05) is 13.2 Å². The molecular formula is C21H24N2O3. The lowest BCUT2D eigenvalue weighted by Crippen LogP contribution is -2.52. The highest BCUT2D eigenvalue weighted by atomic mass is 16.5. The van der Waals surface area contributed by atoms with Crippen LogP contribution >= 0.6 is 0 Å². The van der Waals surface area contributed by atoms with E-state index in [-0.39, 0.29) is 12.1 Å². The zero-order valence-corrected chi connectivity index (χ0v) is 14.7. The van der Waals surface area contributed by atoms with E-state index in [4.69, 9.17) is 15.2 Å². The van der Waals surface area contributed by atoms with Crippen molar-refractivity contribution >= 4 is 5.91 Å². The summed E-state index contributed by atoms with van der Waals surface area (Å²) in [5.41, 5.74) is 8.65. The third kappa shape index (κ3) is 3.74. The first kappa shape index (κ1) is 17.1. The SMILES string of the molecule is NC(=O)c1ccc(O[C@@H]2COCC[C@H]2NC2Cc3ccccc3C2)cc1. The molecule has 5 heteroatoms. The number of nitrogens with one attached hydrogen (secondary N) is 1. The highest BCUT2D eigenvalue weighted by Gasteiger charge is 2.31. The summed E-state index contributed by atoms with van der Waals surface area (Å²) in [4.78, 5) is 11.2. The Morgan fingerprint density at radius 3 is 2.42 bits per heavy atom. The van der Waals surface area contributed by atoms with Crippen LogP contribution in [0.1, 0.15) is 27.9 Å². The summed E-state index contributed by atoms with van der Waals surface area (Å²) in [6, 6.07) is 16.3. The highest BCUT2D eigenvalue weighted by molar-refractivity contribution is 5.92. The predicted octanol–water partition coefficient (Wildman–Crippen LogP) is 2.08. The van der Waals surface area contributed by atoms with Crippen LogP contribution in [0.5, 0.6) is 5.75 Å². The third-order valence-electron chi connectivity index (χ3n) is 5.23. The molecule has 3 N–H and O–H groups in total. The number of nitrogens with two attached hydrogens (primary N) is 1. The van der Waals surface area contributed by atoms with E-state index < -0.39 is 5.91 Å². The minimum absolute atomic E-state index is 0.0492. The minimum Gasteiger partial charge on any atom is -0.486 e. The molecule has 1 saturated heterocycles. The summed E-state index contributed by atoms with van der Waals surface area (Å²) < 4.78 is 11.8. The fraction of sp³-hybridized carbons (Fsp3) is 0.381. The van der Waals surface area contributed by atoms with Crippen LogP contribution in [-0.2, 0) is 17.6 Å². The van der Waals surface area contributed by atoms with E-state index in [1.807, 2.05) is 0 Å². The zero-order valence-electron chi connectivity index (χ0n) is 14.7. The third-order valence-corrected chi connectivity index (χ3v) is 5.23. The fourth-order valence-corrected chi connectivity index (χ4v) is 3.87. The molecule has 1 aliphatic carbocycles. The number of rotatable bonds is 5. The summed E-state index contributed by atoms with van der Waals surface area (Å²) in [5.74, 6) is 0.296. The van der Waals surface area contributed by atoms with Gasteiger partial charge in [0.15, 0.2) is 0 Å². The van der Waals surface area contributed by atoms with Crippen LogP contribution in [0.4, 0.5) is 0 Å². The Morgan fingerprint density at radius 2 is 1.77 bits per heavy atom. The summed E-state index contributed by atoms with van der Waals surface area (Å²) in [6.07, 6.45) is 3.00. The fourth-order valence-electron chi connectivity index (χ4n) is 3.87. The maximum Gasteiger partial charge on any atom is 0.248 e. The number of amides is 1. The Labute approximate surface area is 153 Å². The average molecular weight is 352 g/mol. The van der Waals surface area contributed by atoms with Crippen molar-refractivity contribution in [3.63, 3.8) is 0 Å². The van der Waals surface area contributed by atoms with Gasteiger partial charge in [-0.05, 0) is 54.7 Å². The second-order valence-corrected chi connectivity index (χ2v) is 7.06. The first-order valence-electron chi connectivity index (χ1n) is 9.16. The van der Waals surface area contributed by atoms with E-state index in [1.165, 1.54) is 11.1 Å². The summed E-state index contributed by atoms with van der Waals surface area (Å²) in [7, 11) is 0. The van der Waals surface area contributed by atoms with Gasteiger partial charge in [-0.3, -0.25) is 4.79 Å². The maximum atomic E-state index is 11.2. The van der Waals surface area contributed by atoms with Crippen LogP contribution in [0.25, 0.3) is 0 Å². The molecule has 0 spiro atoms.